The molecule has 3 atom stereocenters. The number of quaternary nitrogens is 1. The third-order valence-corrected chi connectivity index (χ3v) is 11.0. The van der Waals surface area contributed by atoms with Crippen LogP contribution < -0.4 is 5.11 Å². The molecule has 1 aromatic carbocycles. The summed E-state index contributed by atoms with van der Waals surface area (Å²) in [6.07, 6.45) is -1.66. The summed E-state index contributed by atoms with van der Waals surface area (Å²) in [6, 6.07) is 9.11. The van der Waals surface area contributed by atoms with E-state index in [1.54, 1.807) is 0 Å². The minimum absolute atomic E-state index is 0.0498. The van der Waals surface area contributed by atoms with Gasteiger partial charge in [-0.3, -0.25) is 4.48 Å². The van der Waals surface area contributed by atoms with Gasteiger partial charge in [-0.05, 0) is 18.1 Å². The molecular formula is C20H31NO5Si. The van der Waals surface area contributed by atoms with Gasteiger partial charge >= 0.3 is 5.97 Å². The molecule has 1 amide bonds. The van der Waals surface area contributed by atoms with Crippen molar-refractivity contribution < 1.29 is 28.7 Å². The Balaban J connectivity index is 2.44. The summed E-state index contributed by atoms with van der Waals surface area (Å²) in [7, 11) is -2.17. The van der Waals surface area contributed by atoms with Crippen molar-refractivity contribution in [3.05, 3.63) is 35.9 Å². The first-order chi connectivity index (χ1) is 12.3. The number of carbonyl (C=O) groups is 2. The van der Waals surface area contributed by atoms with Crippen molar-refractivity contribution in [1.29, 1.82) is 0 Å². The molecular weight excluding hydrogens is 362 g/mol. The summed E-state index contributed by atoms with van der Waals surface area (Å²) in [6.45, 7) is 12.2. The summed E-state index contributed by atoms with van der Waals surface area (Å²) in [5, 5.41) is 22.2. The first-order valence-corrected chi connectivity index (χ1v) is 12.2. The molecule has 150 valence electrons. The molecule has 27 heavy (non-hydrogen) atoms. The van der Waals surface area contributed by atoms with Crippen molar-refractivity contribution >= 4 is 20.4 Å². The van der Waals surface area contributed by atoms with Gasteiger partial charge in [-0.1, -0.05) is 51.1 Å². The second kappa shape index (κ2) is 7.03. The van der Waals surface area contributed by atoms with E-state index in [0.29, 0.717) is 0 Å². The average molecular weight is 394 g/mol. The van der Waals surface area contributed by atoms with Crippen LogP contribution in [0.25, 0.3) is 0 Å². The minimum atomic E-state index is -2.17. The van der Waals surface area contributed by atoms with Crippen molar-refractivity contribution in [1.82, 2.24) is 0 Å². The van der Waals surface area contributed by atoms with E-state index in [2.05, 4.69) is 33.9 Å². The number of carbonyl (C=O) groups excluding carboxylic acids is 1. The number of nitrogens with zero attached hydrogens (tertiary/aromatic N) is 1. The quantitative estimate of drug-likeness (QED) is 0.614. The van der Waals surface area contributed by atoms with E-state index >= 15 is 0 Å². The summed E-state index contributed by atoms with van der Waals surface area (Å²) in [5.74, 6) is -1.14. The zero-order valence-corrected chi connectivity index (χ0v) is 18.1. The fourth-order valence-electron chi connectivity index (χ4n) is 3.65. The van der Waals surface area contributed by atoms with E-state index in [1.165, 1.54) is 6.92 Å². The third-order valence-electron chi connectivity index (χ3n) is 6.46. The standard InChI is InChI=1S/C20H31NO5Si/c1-19(2,3)27(5,6)26-16-12-20(4,17(22)23)21(14-16,18(24)25)13-15-10-8-7-9-11-15/h7-11,16H,12-14H2,1-6H3,(H-,22,23,24,25)/t16-,20-,21?/m1/s1. The summed E-state index contributed by atoms with van der Waals surface area (Å²) >= 11 is 0. The Kier molecular flexibility index (Phi) is 5.63. The molecule has 1 heterocycles. The maximum Gasteiger partial charge on any atom is 0.366 e. The maximum absolute atomic E-state index is 12.3. The van der Waals surface area contributed by atoms with E-state index in [0.717, 1.165) is 5.56 Å². The van der Waals surface area contributed by atoms with Gasteiger partial charge in [0.2, 0.25) is 5.54 Å². The molecule has 1 N–H and O–H groups in total. The number of carboxylic acids is 1. The van der Waals surface area contributed by atoms with Gasteiger partial charge in [0.15, 0.2) is 8.32 Å². The number of hydrogen-bond acceptors (Lipinski definition) is 4. The normalized spacial score (nSPS) is 28.9. The minimum Gasteiger partial charge on any atom is -0.498 e. The van der Waals surface area contributed by atoms with E-state index in [4.69, 9.17) is 4.43 Å². The predicted molar refractivity (Wildman–Crippen MR) is 103 cm³/mol. The lowest BCUT2D eigenvalue weighted by atomic mass is 9.95. The van der Waals surface area contributed by atoms with Crippen molar-refractivity contribution in [3.63, 3.8) is 0 Å². The second-order valence-corrected chi connectivity index (χ2v) is 14.1. The number of carboxylic acid groups (broad SMARTS) is 2. The number of amides is 1. The molecule has 1 unspecified atom stereocenters. The molecule has 1 aromatic rings. The number of rotatable bonds is 5. The molecule has 1 fully saturated rings. The Hall–Kier alpha value is -1.70. The van der Waals surface area contributed by atoms with Gasteiger partial charge in [-0.2, -0.15) is 0 Å². The first-order valence-electron chi connectivity index (χ1n) is 9.29. The molecule has 1 aliphatic heterocycles. The number of aliphatic carboxylic acids is 1. The molecule has 0 saturated carbocycles. The average Bonchev–Trinajstić information content (AvgIpc) is 2.80. The lowest BCUT2D eigenvalue weighted by Crippen LogP contribution is -2.69. The van der Waals surface area contributed by atoms with E-state index in [1.807, 2.05) is 30.3 Å². The van der Waals surface area contributed by atoms with Gasteiger partial charge < -0.3 is 19.4 Å². The van der Waals surface area contributed by atoms with Crippen molar-refractivity contribution in [2.45, 2.75) is 70.4 Å². The molecule has 1 aliphatic rings. The second-order valence-electron chi connectivity index (χ2n) is 9.34. The highest BCUT2D eigenvalue weighted by molar-refractivity contribution is 6.74. The van der Waals surface area contributed by atoms with E-state index in [-0.39, 0.29) is 24.5 Å². The molecule has 1 saturated heterocycles. The molecule has 7 heteroatoms. The topological polar surface area (TPSA) is 86.7 Å². The zero-order chi connectivity index (χ0) is 20.7. The smallest absolute Gasteiger partial charge is 0.366 e. The SMILES string of the molecule is CC(C)(C)[Si](C)(C)O[C@@H]1C[C@](C)(C(=O)O)[N+](Cc2ccccc2)(C(=O)[O-])C1. The van der Waals surface area contributed by atoms with Crippen LogP contribution in [0.15, 0.2) is 30.3 Å². The highest BCUT2D eigenvalue weighted by Crippen LogP contribution is 2.44. The van der Waals surface area contributed by atoms with Crippen LogP contribution in [0.1, 0.15) is 39.7 Å². The Morgan fingerprint density at radius 2 is 1.85 bits per heavy atom. The van der Waals surface area contributed by atoms with Crippen LogP contribution >= 0.6 is 0 Å². The van der Waals surface area contributed by atoms with Gasteiger partial charge in [0, 0.05) is 18.9 Å². The summed E-state index contributed by atoms with van der Waals surface area (Å²) in [4.78, 5) is 24.5. The van der Waals surface area contributed by atoms with E-state index < -0.39 is 36.5 Å². The zero-order valence-electron chi connectivity index (χ0n) is 17.1. The molecule has 0 bridgehead atoms. The molecule has 2 rings (SSSR count). The van der Waals surface area contributed by atoms with Crippen molar-refractivity contribution in [2.75, 3.05) is 6.54 Å². The van der Waals surface area contributed by atoms with Crippen LogP contribution in [-0.2, 0) is 15.8 Å². The van der Waals surface area contributed by atoms with Crippen molar-refractivity contribution in [2.24, 2.45) is 0 Å². The molecule has 0 radical (unpaired) electrons. The Morgan fingerprint density at radius 3 is 2.30 bits per heavy atom. The maximum atomic E-state index is 12.3. The molecule has 6 nitrogen and oxygen atoms in total. The van der Waals surface area contributed by atoms with Crippen LogP contribution in [0.4, 0.5) is 4.79 Å². The largest absolute Gasteiger partial charge is 0.498 e. The third kappa shape index (κ3) is 3.81. The van der Waals surface area contributed by atoms with Gasteiger partial charge in [0.25, 0.3) is 6.09 Å². The highest BCUT2D eigenvalue weighted by atomic mass is 28.4. The number of likely N-dealkylation sites (tertiary alicyclic amines) is 1. The van der Waals surface area contributed by atoms with Crippen LogP contribution in [0.5, 0.6) is 0 Å². The number of benzene rings is 1. The molecule has 0 aromatic heterocycles. The summed E-state index contributed by atoms with van der Waals surface area (Å²) < 4.78 is 5.76. The van der Waals surface area contributed by atoms with Gasteiger partial charge in [0.1, 0.15) is 19.2 Å². The lowest BCUT2D eigenvalue weighted by Gasteiger charge is -2.43. The Morgan fingerprint density at radius 1 is 1.30 bits per heavy atom. The van der Waals surface area contributed by atoms with Crippen LogP contribution in [0.2, 0.25) is 18.1 Å². The van der Waals surface area contributed by atoms with E-state index in [9.17, 15) is 19.8 Å². The van der Waals surface area contributed by atoms with Crippen LogP contribution in [0, 0.1) is 0 Å². The first kappa shape index (κ1) is 21.6. The fraction of sp³-hybridized carbons (Fsp3) is 0.600. The van der Waals surface area contributed by atoms with Crippen molar-refractivity contribution in [3.8, 4) is 0 Å². The Labute approximate surface area is 162 Å². The van der Waals surface area contributed by atoms with Gasteiger partial charge in [-0.25, -0.2) is 4.79 Å². The van der Waals surface area contributed by atoms with Crippen LogP contribution in [0.3, 0.4) is 0 Å². The van der Waals surface area contributed by atoms with Gasteiger partial charge in [-0.15, -0.1) is 0 Å². The van der Waals surface area contributed by atoms with Gasteiger partial charge in [0.05, 0.1) is 0 Å². The summed E-state index contributed by atoms with van der Waals surface area (Å²) in [5.41, 5.74) is -0.746. The molecule has 0 spiro atoms. The number of hydrogen-bond donors (Lipinski definition) is 1. The van der Waals surface area contributed by atoms with Crippen LogP contribution in [-0.4, -0.2) is 48.2 Å². The fourth-order valence-corrected chi connectivity index (χ4v) is 4.99. The lowest BCUT2D eigenvalue weighted by molar-refractivity contribution is -0.915. The Bertz CT molecular complexity index is 715. The monoisotopic (exact) mass is 393 g/mol. The highest BCUT2D eigenvalue weighted by Gasteiger charge is 2.63. The molecule has 0 aliphatic carbocycles. The predicted octanol–water partition coefficient (Wildman–Crippen LogP) is 2.98.